The van der Waals surface area contributed by atoms with Crippen LogP contribution in [0, 0.1) is 5.92 Å². The van der Waals surface area contributed by atoms with E-state index >= 15 is 0 Å². The molecule has 0 saturated heterocycles. The van der Waals surface area contributed by atoms with Crippen LogP contribution in [-0.4, -0.2) is 19.6 Å². The zero-order valence-corrected chi connectivity index (χ0v) is 18.5. The molecule has 1 amide bonds. The van der Waals surface area contributed by atoms with Crippen molar-refractivity contribution in [3.05, 3.63) is 68.0 Å². The Kier molecular flexibility index (Phi) is 5.56. The number of amides is 1. The number of carbonyl (C=O) groups excluding carboxylic acids is 1. The van der Waals surface area contributed by atoms with Crippen molar-refractivity contribution in [2.24, 2.45) is 5.92 Å². The molecule has 0 saturated carbocycles. The number of nitrogens with one attached hydrogen (secondary N) is 1. The lowest BCUT2D eigenvalue weighted by Crippen LogP contribution is -2.22. The molecule has 2 heterocycles. The predicted molar refractivity (Wildman–Crippen MR) is 117 cm³/mol. The Hall–Kier alpha value is -2.80. The number of rotatable bonds is 6. The molecule has 30 heavy (non-hydrogen) atoms. The maximum absolute atomic E-state index is 13.2. The summed E-state index contributed by atoms with van der Waals surface area (Å²) in [6.45, 7) is 4.86. The molecule has 1 aliphatic heterocycles. The first-order valence-electron chi connectivity index (χ1n) is 9.77. The molecule has 4 rings (SSSR count). The highest BCUT2D eigenvalue weighted by molar-refractivity contribution is 9.10. The maximum Gasteiger partial charge on any atom is 0.288 e. The van der Waals surface area contributed by atoms with Gasteiger partial charge in [0.05, 0.1) is 30.7 Å². The van der Waals surface area contributed by atoms with E-state index in [-0.39, 0.29) is 11.2 Å². The van der Waals surface area contributed by atoms with Crippen LogP contribution in [0.5, 0.6) is 11.5 Å². The number of halogens is 1. The lowest BCUT2D eigenvalue weighted by atomic mass is 9.99. The van der Waals surface area contributed by atoms with E-state index in [4.69, 9.17) is 13.9 Å². The van der Waals surface area contributed by atoms with Crippen LogP contribution in [0.15, 0.2) is 50.1 Å². The van der Waals surface area contributed by atoms with E-state index in [1.54, 1.807) is 37.4 Å². The summed E-state index contributed by atoms with van der Waals surface area (Å²) >= 11 is 3.38. The first-order valence-corrected chi connectivity index (χ1v) is 10.6. The Balaban J connectivity index is 1.74. The SMILES string of the molecule is COc1cc(C2NC(=O)c3oc4ccc(Br)cc4c(=O)c32)ccc1OCCC(C)C. The first kappa shape index (κ1) is 20.5. The van der Waals surface area contributed by atoms with E-state index in [2.05, 4.69) is 35.1 Å². The molecule has 0 radical (unpaired) electrons. The van der Waals surface area contributed by atoms with Gasteiger partial charge >= 0.3 is 0 Å². The average molecular weight is 472 g/mol. The van der Waals surface area contributed by atoms with Crippen LogP contribution in [0.4, 0.5) is 0 Å². The second-order valence-corrected chi connectivity index (χ2v) is 8.58. The molecule has 0 aliphatic carbocycles. The van der Waals surface area contributed by atoms with Crippen LogP contribution < -0.4 is 20.2 Å². The monoisotopic (exact) mass is 471 g/mol. The van der Waals surface area contributed by atoms with E-state index in [9.17, 15) is 9.59 Å². The van der Waals surface area contributed by atoms with Crippen LogP contribution in [0.25, 0.3) is 11.0 Å². The molecule has 1 aliphatic rings. The lowest BCUT2D eigenvalue weighted by molar-refractivity contribution is 0.0938. The molecule has 1 N–H and O–H groups in total. The van der Waals surface area contributed by atoms with Gasteiger partial charge in [0.15, 0.2) is 16.9 Å². The minimum atomic E-state index is -0.620. The second-order valence-electron chi connectivity index (χ2n) is 7.66. The Morgan fingerprint density at radius 2 is 1.93 bits per heavy atom. The van der Waals surface area contributed by atoms with E-state index in [0.29, 0.717) is 40.6 Å². The van der Waals surface area contributed by atoms with Gasteiger partial charge in [-0.15, -0.1) is 0 Å². The number of methoxy groups -OCH3 is 1. The van der Waals surface area contributed by atoms with Crippen molar-refractivity contribution in [1.82, 2.24) is 5.32 Å². The van der Waals surface area contributed by atoms with Crippen LogP contribution in [0.2, 0.25) is 0 Å². The quantitative estimate of drug-likeness (QED) is 0.557. The number of hydrogen-bond acceptors (Lipinski definition) is 5. The minimum absolute atomic E-state index is 0.0519. The van der Waals surface area contributed by atoms with Gasteiger partial charge in [-0.25, -0.2) is 0 Å². The Morgan fingerprint density at radius 1 is 1.13 bits per heavy atom. The maximum atomic E-state index is 13.2. The number of carbonyl (C=O) groups is 1. The minimum Gasteiger partial charge on any atom is -0.493 e. The summed E-state index contributed by atoms with van der Waals surface area (Å²) in [6.07, 6.45) is 0.931. The second kappa shape index (κ2) is 8.14. The molecule has 3 aromatic rings. The van der Waals surface area contributed by atoms with E-state index < -0.39 is 11.9 Å². The third-order valence-corrected chi connectivity index (χ3v) is 5.62. The number of hydrogen-bond donors (Lipinski definition) is 1. The van der Waals surface area contributed by atoms with Gasteiger partial charge in [0.1, 0.15) is 5.58 Å². The first-order chi connectivity index (χ1) is 14.4. The topological polar surface area (TPSA) is 77.8 Å². The summed E-state index contributed by atoms with van der Waals surface area (Å²) in [5, 5.41) is 3.28. The standard InChI is InChI=1S/C23H22BrNO5/c1-12(2)8-9-29-17-6-4-13(10-18(17)28-3)20-19-21(26)15-11-14(24)5-7-16(15)30-22(19)23(27)25-20/h4-7,10-12,20H,8-9H2,1-3H3,(H,25,27). The fourth-order valence-electron chi connectivity index (χ4n) is 3.52. The Bertz CT molecular complexity index is 1180. The van der Waals surface area contributed by atoms with Crippen LogP contribution in [-0.2, 0) is 0 Å². The van der Waals surface area contributed by atoms with E-state index in [0.717, 1.165) is 16.5 Å². The normalized spacial score (nSPS) is 15.4. The largest absolute Gasteiger partial charge is 0.493 e. The molecule has 0 fully saturated rings. The molecular weight excluding hydrogens is 450 g/mol. The molecule has 7 heteroatoms. The Labute approximate surface area is 182 Å². The van der Waals surface area contributed by atoms with E-state index in [1.165, 1.54) is 0 Å². The van der Waals surface area contributed by atoms with Crippen molar-refractivity contribution in [3.8, 4) is 11.5 Å². The molecular formula is C23H22BrNO5. The van der Waals surface area contributed by atoms with Gasteiger partial charge in [-0.3, -0.25) is 9.59 Å². The summed E-state index contributed by atoms with van der Waals surface area (Å²) in [4.78, 5) is 25.7. The van der Waals surface area contributed by atoms with Crippen molar-refractivity contribution in [3.63, 3.8) is 0 Å². The van der Waals surface area contributed by atoms with Crippen molar-refractivity contribution < 1.29 is 18.7 Å². The third kappa shape index (κ3) is 3.69. The smallest absolute Gasteiger partial charge is 0.288 e. The molecule has 0 spiro atoms. The average Bonchev–Trinajstić information content (AvgIpc) is 3.05. The molecule has 0 bridgehead atoms. The summed E-state index contributed by atoms with van der Waals surface area (Å²) in [5.74, 6) is 1.35. The zero-order chi connectivity index (χ0) is 21.4. The van der Waals surface area contributed by atoms with Crippen molar-refractivity contribution in [2.75, 3.05) is 13.7 Å². The molecule has 6 nitrogen and oxygen atoms in total. The molecule has 1 aromatic heterocycles. The summed E-state index contributed by atoms with van der Waals surface area (Å²) in [7, 11) is 1.56. The van der Waals surface area contributed by atoms with Gasteiger partial charge in [0.25, 0.3) is 5.91 Å². The summed E-state index contributed by atoms with van der Waals surface area (Å²) in [6, 6.07) is 9.95. The van der Waals surface area contributed by atoms with E-state index in [1.807, 2.05) is 6.07 Å². The molecule has 156 valence electrons. The van der Waals surface area contributed by atoms with Gasteiger partial charge < -0.3 is 19.2 Å². The van der Waals surface area contributed by atoms with Gasteiger partial charge in [0.2, 0.25) is 5.76 Å². The number of fused-ring (bicyclic) bond motifs is 2. The van der Waals surface area contributed by atoms with Gasteiger partial charge in [-0.2, -0.15) is 0 Å². The molecule has 1 atom stereocenters. The number of ether oxygens (including phenoxy) is 2. The van der Waals surface area contributed by atoms with Crippen LogP contribution >= 0.6 is 15.9 Å². The van der Waals surface area contributed by atoms with Crippen LogP contribution in [0.3, 0.4) is 0 Å². The highest BCUT2D eigenvalue weighted by atomic mass is 79.9. The summed E-state index contributed by atoms with van der Waals surface area (Å²) < 4.78 is 17.9. The fraction of sp³-hybridized carbons (Fsp3) is 0.304. The third-order valence-electron chi connectivity index (χ3n) is 5.13. The van der Waals surface area contributed by atoms with Crippen molar-refractivity contribution in [1.29, 1.82) is 0 Å². The van der Waals surface area contributed by atoms with Gasteiger partial charge in [-0.1, -0.05) is 35.8 Å². The van der Waals surface area contributed by atoms with Gasteiger partial charge in [0, 0.05) is 4.47 Å². The highest BCUT2D eigenvalue weighted by Gasteiger charge is 2.36. The predicted octanol–water partition coefficient (Wildman–Crippen LogP) is 4.82. The molecule has 2 aromatic carbocycles. The Morgan fingerprint density at radius 3 is 2.67 bits per heavy atom. The summed E-state index contributed by atoms with van der Waals surface area (Å²) in [5.41, 5.74) is 1.18. The number of benzene rings is 2. The fourth-order valence-corrected chi connectivity index (χ4v) is 3.88. The van der Waals surface area contributed by atoms with Gasteiger partial charge in [-0.05, 0) is 48.2 Å². The zero-order valence-electron chi connectivity index (χ0n) is 17.0. The van der Waals surface area contributed by atoms with Crippen molar-refractivity contribution in [2.45, 2.75) is 26.3 Å². The lowest BCUT2D eigenvalue weighted by Gasteiger charge is -2.16. The highest BCUT2D eigenvalue weighted by Crippen LogP contribution is 2.36. The van der Waals surface area contributed by atoms with Crippen molar-refractivity contribution >= 4 is 32.8 Å². The van der Waals surface area contributed by atoms with Crippen LogP contribution in [0.1, 0.15) is 48.0 Å². The molecule has 1 unspecified atom stereocenters.